The van der Waals surface area contributed by atoms with Crippen LogP contribution < -0.4 is 14.5 Å². The lowest BCUT2D eigenvalue weighted by Gasteiger charge is -2.36. The van der Waals surface area contributed by atoms with Crippen LogP contribution in [0.25, 0.3) is 0 Å². The maximum absolute atomic E-state index is 13.1. The lowest BCUT2D eigenvalue weighted by atomic mass is 10.2. The van der Waals surface area contributed by atoms with E-state index in [0.29, 0.717) is 39.1 Å². The minimum atomic E-state index is -3.76. The molecular weight excluding hydrogens is 447 g/mol. The highest BCUT2D eigenvalue weighted by molar-refractivity contribution is 7.89. The predicted molar refractivity (Wildman–Crippen MR) is 123 cm³/mol. The summed E-state index contributed by atoms with van der Waals surface area (Å²) >= 11 is 0. The van der Waals surface area contributed by atoms with Crippen LogP contribution in [-0.2, 0) is 26.0 Å². The molecule has 2 aromatic carbocycles. The molecule has 2 aromatic rings. The Morgan fingerprint density at radius 3 is 2.36 bits per heavy atom. The zero-order valence-electron chi connectivity index (χ0n) is 18.5. The highest BCUT2D eigenvalue weighted by Gasteiger charge is 2.25. The molecule has 1 N–H and O–H groups in total. The van der Waals surface area contributed by atoms with Crippen LogP contribution in [0.3, 0.4) is 0 Å². The highest BCUT2D eigenvalue weighted by atomic mass is 32.2. The van der Waals surface area contributed by atoms with Crippen LogP contribution in [0.4, 0.5) is 15.8 Å². The molecule has 0 aliphatic carbocycles. The predicted octanol–water partition coefficient (Wildman–Crippen LogP) is 1.75. The number of sulfonamides is 1. The maximum Gasteiger partial charge on any atom is 0.240 e. The normalized spacial score (nSPS) is 16.1. The second kappa shape index (κ2) is 9.48. The number of fused-ring (bicyclic) bond motifs is 1. The Kier molecular flexibility index (Phi) is 6.66. The molecule has 0 radical (unpaired) electrons. The van der Waals surface area contributed by atoms with Crippen molar-refractivity contribution in [3.63, 3.8) is 0 Å². The minimum Gasteiger partial charge on any atom is -0.368 e. The second-order valence-corrected chi connectivity index (χ2v) is 9.97. The SMILES string of the molecule is CC(=O)N1CCc2cc(S(=O)(=O)NCCC(=O)N3CCN(c4ccc(F)cc4)CC3)ccc21. The average molecular weight is 475 g/mol. The Morgan fingerprint density at radius 1 is 1.00 bits per heavy atom. The monoisotopic (exact) mass is 474 g/mol. The Bertz CT molecular complexity index is 1150. The topological polar surface area (TPSA) is 90.0 Å². The number of rotatable bonds is 6. The van der Waals surface area contributed by atoms with Gasteiger partial charge in [-0.2, -0.15) is 0 Å². The third kappa shape index (κ3) is 5.17. The van der Waals surface area contributed by atoms with Gasteiger partial charge in [-0.15, -0.1) is 0 Å². The highest BCUT2D eigenvalue weighted by Crippen LogP contribution is 2.30. The molecule has 1 saturated heterocycles. The molecule has 0 saturated carbocycles. The van der Waals surface area contributed by atoms with Crippen molar-refractivity contribution in [2.75, 3.05) is 49.1 Å². The van der Waals surface area contributed by atoms with Crippen LogP contribution >= 0.6 is 0 Å². The summed E-state index contributed by atoms with van der Waals surface area (Å²) in [4.78, 5) is 29.8. The minimum absolute atomic E-state index is 0.00992. The molecule has 0 spiro atoms. The van der Waals surface area contributed by atoms with Gasteiger partial charge in [-0.25, -0.2) is 17.5 Å². The largest absolute Gasteiger partial charge is 0.368 e. The fourth-order valence-corrected chi connectivity index (χ4v) is 5.35. The van der Waals surface area contributed by atoms with Crippen molar-refractivity contribution in [2.24, 2.45) is 0 Å². The van der Waals surface area contributed by atoms with Crippen LogP contribution in [0.1, 0.15) is 18.9 Å². The number of benzene rings is 2. The quantitative estimate of drug-likeness (QED) is 0.689. The first-order chi connectivity index (χ1) is 15.7. The number of hydrogen-bond acceptors (Lipinski definition) is 5. The molecule has 33 heavy (non-hydrogen) atoms. The van der Waals surface area contributed by atoms with Crippen LogP contribution in [0.5, 0.6) is 0 Å². The number of carbonyl (C=O) groups excluding carboxylic acids is 2. The van der Waals surface area contributed by atoms with Gasteiger partial charge in [0.2, 0.25) is 21.8 Å². The first kappa shape index (κ1) is 23.2. The molecule has 1 fully saturated rings. The van der Waals surface area contributed by atoms with Gasteiger partial charge in [0.05, 0.1) is 4.90 Å². The lowest BCUT2D eigenvalue weighted by Crippen LogP contribution is -2.49. The number of carbonyl (C=O) groups is 2. The van der Waals surface area contributed by atoms with E-state index in [4.69, 9.17) is 0 Å². The molecule has 0 atom stereocenters. The van der Waals surface area contributed by atoms with Gasteiger partial charge in [0, 0.05) is 64.0 Å². The van der Waals surface area contributed by atoms with Crippen molar-refractivity contribution in [3.8, 4) is 0 Å². The Morgan fingerprint density at radius 2 is 1.70 bits per heavy atom. The zero-order chi connectivity index (χ0) is 23.6. The number of amides is 2. The van der Waals surface area contributed by atoms with E-state index in [1.54, 1.807) is 34.1 Å². The van der Waals surface area contributed by atoms with Crippen molar-refractivity contribution < 1.29 is 22.4 Å². The fraction of sp³-hybridized carbons (Fsp3) is 0.391. The Balaban J connectivity index is 1.27. The van der Waals surface area contributed by atoms with Crippen LogP contribution in [0.15, 0.2) is 47.4 Å². The summed E-state index contributed by atoms with van der Waals surface area (Å²) in [5, 5.41) is 0. The molecular formula is C23H27FN4O4S. The van der Waals surface area contributed by atoms with Gasteiger partial charge in [0.25, 0.3) is 0 Å². The average Bonchev–Trinajstić information content (AvgIpc) is 3.23. The molecule has 8 nitrogen and oxygen atoms in total. The first-order valence-corrected chi connectivity index (χ1v) is 12.4. The first-order valence-electron chi connectivity index (χ1n) is 10.9. The molecule has 176 valence electrons. The van der Waals surface area contributed by atoms with Crippen molar-refractivity contribution in [3.05, 3.63) is 53.8 Å². The van der Waals surface area contributed by atoms with E-state index in [9.17, 15) is 22.4 Å². The maximum atomic E-state index is 13.1. The third-order valence-corrected chi connectivity index (χ3v) is 7.55. The second-order valence-electron chi connectivity index (χ2n) is 8.20. The van der Waals surface area contributed by atoms with Crippen LogP contribution in [0.2, 0.25) is 0 Å². The molecule has 2 amide bonds. The third-order valence-electron chi connectivity index (χ3n) is 6.09. The van der Waals surface area contributed by atoms with Gasteiger partial charge in [-0.3, -0.25) is 9.59 Å². The van der Waals surface area contributed by atoms with Gasteiger partial charge < -0.3 is 14.7 Å². The number of nitrogens with one attached hydrogen (secondary N) is 1. The van der Waals surface area contributed by atoms with E-state index >= 15 is 0 Å². The number of hydrogen-bond donors (Lipinski definition) is 1. The van der Waals surface area contributed by atoms with Gasteiger partial charge in [0.1, 0.15) is 5.82 Å². The molecule has 0 unspecified atom stereocenters. The van der Waals surface area contributed by atoms with Gasteiger partial charge in [0.15, 0.2) is 0 Å². The van der Waals surface area contributed by atoms with Crippen LogP contribution in [0, 0.1) is 5.82 Å². The lowest BCUT2D eigenvalue weighted by molar-refractivity contribution is -0.131. The Hall–Kier alpha value is -2.98. The van der Waals surface area contributed by atoms with Crippen LogP contribution in [-0.4, -0.2) is 64.4 Å². The molecule has 2 aliphatic heterocycles. The van der Waals surface area contributed by atoms with Gasteiger partial charge in [-0.05, 0) is 54.4 Å². The summed E-state index contributed by atoms with van der Waals surface area (Å²) < 4.78 is 41.0. The summed E-state index contributed by atoms with van der Waals surface area (Å²) in [6, 6.07) is 11.0. The number of anilines is 2. The van der Waals surface area contributed by atoms with E-state index in [1.807, 2.05) is 0 Å². The van der Waals surface area contributed by atoms with E-state index < -0.39 is 10.0 Å². The van der Waals surface area contributed by atoms with E-state index in [1.165, 1.54) is 25.1 Å². The molecule has 10 heteroatoms. The summed E-state index contributed by atoms with van der Waals surface area (Å²) in [6.45, 7) is 4.37. The molecule has 0 aromatic heterocycles. The Labute approximate surface area is 193 Å². The van der Waals surface area contributed by atoms with E-state index in [0.717, 1.165) is 16.9 Å². The van der Waals surface area contributed by atoms with Crippen molar-refractivity contribution in [1.82, 2.24) is 9.62 Å². The van der Waals surface area contributed by atoms with E-state index in [-0.39, 0.29) is 35.5 Å². The van der Waals surface area contributed by atoms with E-state index in [2.05, 4.69) is 9.62 Å². The van der Waals surface area contributed by atoms with Crippen molar-refractivity contribution in [2.45, 2.75) is 24.7 Å². The van der Waals surface area contributed by atoms with Gasteiger partial charge >= 0.3 is 0 Å². The molecule has 4 rings (SSSR count). The van der Waals surface area contributed by atoms with Gasteiger partial charge in [-0.1, -0.05) is 0 Å². The molecule has 2 aliphatic rings. The zero-order valence-corrected chi connectivity index (χ0v) is 19.3. The fourth-order valence-electron chi connectivity index (χ4n) is 4.27. The number of nitrogens with zero attached hydrogens (tertiary/aromatic N) is 3. The summed E-state index contributed by atoms with van der Waals surface area (Å²) in [7, 11) is -3.76. The van der Waals surface area contributed by atoms with Crippen molar-refractivity contribution in [1.29, 1.82) is 0 Å². The number of piperazine rings is 1. The summed E-state index contributed by atoms with van der Waals surface area (Å²) in [6.07, 6.45) is 0.680. The molecule has 2 heterocycles. The summed E-state index contributed by atoms with van der Waals surface area (Å²) in [5.41, 5.74) is 2.48. The smallest absolute Gasteiger partial charge is 0.240 e. The molecule has 0 bridgehead atoms. The number of halogens is 1. The standard InChI is InChI=1S/C23H27FN4O4S/c1-17(29)28-11-9-18-16-21(6-7-22(18)28)33(31,32)25-10-8-23(30)27-14-12-26(13-15-27)20-4-2-19(24)3-5-20/h2-7,16,25H,8-15H2,1H3. The summed E-state index contributed by atoms with van der Waals surface area (Å²) in [5.74, 6) is -0.463. The van der Waals surface area contributed by atoms with Crippen molar-refractivity contribution >= 4 is 33.2 Å².